The van der Waals surface area contributed by atoms with E-state index in [2.05, 4.69) is 15.3 Å². The fraction of sp³-hybridized carbons (Fsp3) is 0.200. The van der Waals surface area contributed by atoms with Crippen molar-refractivity contribution in [2.45, 2.75) is 32.2 Å². The molecule has 2 aliphatic heterocycles. The van der Waals surface area contributed by atoms with Crippen LogP contribution in [0.15, 0.2) is 77.9 Å². The Balaban J connectivity index is 1.39. The number of carbonyl (C=O) groups excluding carboxylic acids is 2. The van der Waals surface area contributed by atoms with E-state index in [0.717, 1.165) is 35.6 Å². The zero-order chi connectivity index (χ0) is 27.8. The normalized spacial score (nSPS) is 16.8. The van der Waals surface area contributed by atoms with Crippen molar-refractivity contribution in [3.05, 3.63) is 106 Å². The summed E-state index contributed by atoms with van der Waals surface area (Å²) in [7, 11) is 0. The van der Waals surface area contributed by atoms with Crippen LogP contribution in [0.25, 0.3) is 11.3 Å². The summed E-state index contributed by atoms with van der Waals surface area (Å²) in [5, 5.41) is 14.4. The van der Waals surface area contributed by atoms with Gasteiger partial charge in [0.25, 0.3) is 5.69 Å². The minimum atomic E-state index is -0.837. The molecular formula is C30H26N6O4. The molecule has 1 aromatic heterocycles. The van der Waals surface area contributed by atoms with E-state index in [9.17, 15) is 19.7 Å². The van der Waals surface area contributed by atoms with Gasteiger partial charge in [-0.15, -0.1) is 0 Å². The Morgan fingerprint density at radius 2 is 1.88 bits per heavy atom. The second kappa shape index (κ2) is 10.2. The Hall–Kier alpha value is -5.12. The minimum absolute atomic E-state index is 0.0931. The first kappa shape index (κ1) is 25.2. The van der Waals surface area contributed by atoms with E-state index in [1.54, 1.807) is 12.3 Å². The number of fused-ring (bicyclic) bond motifs is 1. The molecule has 40 heavy (non-hydrogen) atoms. The van der Waals surface area contributed by atoms with Gasteiger partial charge in [0.2, 0.25) is 11.8 Å². The molecule has 0 bridgehead atoms. The molecule has 2 amide bonds. The van der Waals surface area contributed by atoms with Crippen molar-refractivity contribution in [3.8, 4) is 11.3 Å². The van der Waals surface area contributed by atoms with Crippen LogP contribution in [0.1, 0.15) is 41.3 Å². The number of hydrogen-bond acceptors (Lipinski definition) is 6. The van der Waals surface area contributed by atoms with E-state index in [4.69, 9.17) is 4.99 Å². The Morgan fingerprint density at radius 3 is 2.52 bits per heavy atom. The maximum absolute atomic E-state index is 13.3. The molecule has 0 radical (unpaired) electrons. The fourth-order valence-corrected chi connectivity index (χ4v) is 5.22. The molecule has 0 aliphatic carbocycles. The zero-order valence-electron chi connectivity index (χ0n) is 21.8. The number of likely N-dealkylation sites (tertiary alicyclic amines) is 1. The standard InChI is InChI=1S/C30H26N6O4/c1-18-31-16-26(32-18)20-8-10-22(11-9-20)33-29(21-6-4-19(5-7-21)17-35-14-2-3-27(35)37)28-24-15-23(36(39)40)12-13-25(24)34-30(28)38/h4-13,15-16,28H,2-3,14,17H2,1H3,(H,31,32)(H,34,38). The lowest BCUT2D eigenvalue weighted by molar-refractivity contribution is -0.384. The summed E-state index contributed by atoms with van der Waals surface area (Å²) in [6, 6.07) is 19.6. The largest absolute Gasteiger partial charge is 0.342 e. The number of amides is 2. The van der Waals surface area contributed by atoms with Crippen molar-refractivity contribution in [1.82, 2.24) is 14.9 Å². The van der Waals surface area contributed by atoms with E-state index in [0.29, 0.717) is 41.2 Å². The van der Waals surface area contributed by atoms with Crippen molar-refractivity contribution in [1.29, 1.82) is 0 Å². The van der Waals surface area contributed by atoms with E-state index in [1.165, 1.54) is 12.1 Å². The van der Waals surface area contributed by atoms with E-state index in [-0.39, 0.29) is 17.5 Å². The highest BCUT2D eigenvalue weighted by Crippen LogP contribution is 2.38. The van der Waals surface area contributed by atoms with Crippen LogP contribution < -0.4 is 5.32 Å². The first-order chi connectivity index (χ1) is 19.4. The smallest absolute Gasteiger partial charge is 0.269 e. The molecule has 1 fully saturated rings. The molecule has 3 aromatic carbocycles. The van der Waals surface area contributed by atoms with E-state index < -0.39 is 10.8 Å². The third-order valence-electron chi connectivity index (χ3n) is 7.28. The summed E-state index contributed by atoms with van der Waals surface area (Å²) >= 11 is 0. The summed E-state index contributed by atoms with van der Waals surface area (Å²) in [5.41, 5.74) is 5.58. The summed E-state index contributed by atoms with van der Waals surface area (Å²) in [5.74, 6) is -0.167. The lowest BCUT2D eigenvalue weighted by atomic mass is 9.90. The highest BCUT2D eigenvalue weighted by Gasteiger charge is 2.36. The van der Waals surface area contributed by atoms with Gasteiger partial charge in [-0.1, -0.05) is 36.4 Å². The number of aryl methyl sites for hydroxylation is 1. The van der Waals surface area contributed by atoms with Gasteiger partial charge in [0.15, 0.2) is 0 Å². The number of imidazole rings is 1. The molecule has 1 atom stereocenters. The molecule has 10 nitrogen and oxygen atoms in total. The predicted octanol–water partition coefficient (Wildman–Crippen LogP) is 5.27. The number of rotatable bonds is 7. The summed E-state index contributed by atoms with van der Waals surface area (Å²) in [4.78, 5) is 50.6. The second-order valence-corrected chi connectivity index (χ2v) is 9.99. The number of aromatic nitrogens is 2. The van der Waals surface area contributed by atoms with Gasteiger partial charge in [-0.2, -0.15) is 0 Å². The Bertz CT molecular complexity index is 1660. The number of aliphatic imine (C=N–C) groups is 1. The molecule has 0 spiro atoms. The van der Waals surface area contributed by atoms with Gasteiger partial charge in [-0.3, -0.25) is 24.7 Å². The van der Waals surface area contributed by atoms with Gasteiger partial charge in [0.05, 0.1) is 28.2 Å². The van der Waals surface area contributed by atoms with Crippen LogP contribution in [0.3, 0.4) is 0 Å². The average molecular weight is 535 g/mol. The number of aromatic amines is 1. The number of nitro groups is 1. The first-order valence-corrected chi connectivity index (χ1v) is 13.0. The molecule has 0 saturated carbocycles. The van der Waals surface area contributed by atoms with Gasteiger partial charge < -0.3 is 15.2 Å². The highest BCUT2D eigenvalue weighted by molar-refractivity contribution is 6.24. The number of carbonyl (C=O) groups is 2. The molecule has 10 heteroatoms. The van der Waals surface area contributed by atoms with E-state index >= 15 is 0 Å². The second-order valence-electron chi connectivity index (χ2n) is 9.99. The lowest BCUT2D eigenvalue weighted by Crippen LogP contribution is -2.24. The molecule has 1 unspecified atom stereocenters. The van der Waals surface area contributed by atoms with Crippen molar-refractivity contribution < 1.29 is 14.5 Å². The molecule has 6 rings (SSSR count). The summed E-state index contributed by atoms with van der Waals surface area (Å²) in [6.07, 6.45) is 3.22. The van der Waals surface area contributed by atoms with Gasteiger partial charge in [-0.25, -0.2) is 4.98 Å². The maximum Gasteiger partial charge on any atom is 0.269 e. The minimum Gasteiger partial charge on any atom is -0.342 e. The number of nitrogens with one attached hydrogen (secondary N) is 2. The number of hydrogen-bond donors (Lipinski definition) is 2. The molecule has 3 heterocycles. The van der Waals surface area contributed by atoms with Gasteiger partial charge in [0.1, 0.15) is 11.7 Å². The molecule has 1 saturated heterocycles. The summed E-state index contributed by atoms with van der Waals surface area (Å²) in [6.45, 7) is 3.16. The summed E-state index contributed by atoms with van der Waals surface area (Å²) < 4.78 is 0. The van der Waals surface area contributed by atoms with Crippen LogP contribution in [-0.4, -0.2) is 43.9 Å². The molecule has 4 aromatic rings. The topological polar surface area (TPSA) is 134 Å². The third-order valence-corrected chi connectivity index (χ3v) is 7.28. The van der Waals surface area contributed by atoms with Crippen molar-refractivity contribution in [2.75, 3.05) is 11.9 Å². The van der Waals surface area contributed by atoms with Gasteiger partial charge >= 0.3 is 0 Å². The van der Waals surface area contributed by atoms with Gasteiger partial charge in [-0.05, 0) is 48.2 Å². The van der Waals surface area contributed by atoms with Crippen LogP contribution in [-0.2, 0) is 16.1 Å². The predicted molar refractivity (Wildman–Crippen MR) is 151 cm³/mol. The molecule has 2 N–H and O–H groups in total. The molecule has 200 valence electrons. The Labute approximate surface area is 229 Å². The SMILES string of the molecule is Cc1ncc(-c2ccc(N=C(c3ccc(CN4CCCC4=O)cc3)C3C(=O)Nc4ccc([N+](=O)[O-])cc43)cc2)[nH]1. The number of nitrogens with zero attached hydrogens (tertiary/aromatic N) is 4. The zero-order valence-corrected chi connectivity index (χ0v) is 21.8. The molecular weight excluding hydrogens is 508 g/mol. The van der Waals surface area contributed by atoms with Crippen LogP contribution >= 0.6 is 0 Å². The third kappa shape index (κ3) is 4.86. The maximum atomic E-state index is 13.3. The number of non-ortho nitro benzene ring substituents is 1. The quantitative estimate of drug-likeness (QED) is 0.189. The number of nitro benzene ring substituents is 1. The fourth-order valence-electron chi connectivity index (χ4n) is 5.22. The van der Waals surface area contributed by atoms with Crippen LogP contribution in [0.5, 0.6) is 0 Å². The average Bonchev–Trinajstić information content (AvgIpc) is 3.66. The number of benzene rings is 3. The monoisotopic (exact) mass is 534 g/mol. The van der Waals surface area contributed by atoms with Crippen LogP contribution in [0.4, 0.5) is 17.1 Å². The number of H-pyrrole nitrogens is 1. The lowest BCUT2D eigenvalue weighted by Gasteiger charge is -2.17. The first-order valence-electron chi connectivity index (χ1n) is 13.0. The Morgan fingerprint density at radius 1 is 1.10 bits per heavy atom. The van der Waals surface area contributed by atoms with Crippen LogP contribution in [0, 0.1) is 17.0 Å². The molecule has 2 aliphatic rings. The highest BCUT2D eigenvalue weighted by atomic mass is 16.6. The number of anilines is 1. The van der Waals surface area contributed by atoms with Crippen molar-refractivity contribution >= 4 is 34.6 Å². The Kier molecular flexibility index (Phi) is 6.43. The van der Waals surface area contributed by atoms with E-state index in [1.807, 2.05) is 60.4 Å². The van der Waals surface area contributed by atoms with Gasteiger partial charge in [0, 0.05) is 42.9 Å². The van der Waals surface area contributed by atoms with Crippen molar-refractivity contribution in [2.24, 2.45) is 4.99 Å². The van der Waals surface area contributed by atoms with Crippen molar-refractivity contribution in [3.63, 3.8) is 0 Å². The van der Waals surface area contributed by atoms with Crippen LogP contribution in [0.2, 0.25) is 0 Å².